The summed E-state index contributed by atoms with van der Waals surface area (Å²) >= 11 is 6.32. The Bertz CT molecular complexity index is 1590. The molecule has 5 rings (SSSR count). The predicted octanol–water partition coefficient (Wildman–Crippen LogP) is 5.75. The average Bonchev–Trinajstić information content (AvgIpc) is 3.00. The van der Waals surface area contributed by atoms with Crippen LogP contribution in [0, 0.1) is 29.1 Å². The highest BCUT2D eigenvalue weighted by molar-refractivity contribution is 7.90. The van der Waals surface area contributed by atoms with Gasteiger partial charge in [-0.3, -0.25) is 9.59 Å². The van der Waals surface area contributed by atoms with Gasteiger partial charge in [0.15, 0.2) is 0 Å². The van der Waals surface area contributed by atoms with Gasteiger partial charge in [0.1, 0.15) is 17.9 Å². The summed E-state index contributed by atoms with van der Waals surface area (Å²) < 4.78 is 35.4. The fourth-order valence-electron chi connectivity index (χ4n) is 7.14. The molecule has 0 aromatic heterocycles. The standard InChI is InChI=1S/C34H43ClN4O5S/c1-22-7-6-15-34(21-36,37-24(3)40)30-13-10-27(30)19-39-16-5-4-8-25-17-29(35)12-9-28(25)20-44-32-14-11-26(18-31(32)39)33(41)38-45(42,43)23(22)2/h9,11-12,14,17-18,22-23,27,30H,4-8,10,13,15-16,19-20H2,1-3H3,(H,37,40)(H,38,41)/t22-,23+,27-,30+,34+/m0/s1. The van der Waals surface area contributed by atoms with Crippen molar-refractivity contribution < 1.29 is 22.7 Å². The minimum absolute atomic E-state index is 0.0591. The second kappa shape index (κ2) is 13.6. The maximum absolute atomic E-state index is 13.4. The molecule has 2 aromatic carbocycles. The Morgan fingerprint density at radius 2 is 1.91 bits per heavy atom. The second-order valence-corrected chi connectivity index (χ2v) is 15.5. The van der Waals surface area contributed by atoms with Crippen molar-refractivity contribution in [2.24, 2.45) is 17.8 Å². The maximum atomic E-state index is 13.4. The summed E-state index contributed by atoms with van der Waals surface area (Å²) in [5, 5.41) is 13.4. The zero-order valence-corrected chi connectivity index (χ0v) is 27.8. The summed E-state index contributed by atoms with van der Waals surface area (Å²) in [7, 11) is -3.99. The SMILES string of the molecule is CC(=O)N[C@@]1(C#N)CCC[C@H](C)[C@@H](C)S(=O)(=O)NC(=O)c2ccc3c(c2)N(CCCCc2cc(Cl)ccc2CO3)C[C@@H]2CC[C@H]21. The third-order valence-electron chi connectivity index (χ3n) is 10.1. The number of nitrogens with zero attached hydrogens (tertiary/aromatic N) is 2. The molecule has 5 atom stereocenters. The van der Waals surface area contributed by atoms with E-state index < -0.39 is 26.7 Å². The third-order valence-corrected chi connectivity index (χ3v) is 12.2. The number of hydrogen-bond acceptors (Lipinski definition) is 7. The number of aryl methyl sites for hydroxylation is 1. The number of nitrogens with one attached hydrogen (secondary N) is 2. The van der Waals surface area contributed by atoms with Gasteiger partial charge < -0.3 is 15.0 Å². The predicted molar refractivity (Wildman–Crippen MR) is 175 cm³/mol. The molecule has 0 radical (unpaired) electrons. The van der Waals surface area contributed by atoms with E-state index in [4.69, 9.17) is 16.3 Å². The highest BCUT2D eigenvalue weighted by atomic mass is 35.5. The summed E-state index contributed by atoms with van der Waals surface area (Å²) in [6.45, 7) is 6.49. The molecule has 2 bridgehead atoms. The number of anilines is 1. The zero-order chi connectivity index (χ0) is 32.4. The Morgan fingerprint density at radius 3 is 2.62 bits per heavy atom. The quantitative estimate of drug-likeness (QED) is 0.400. The van der Waals surface area contributed by atoms with E-state index in [2.05, 4.69) is 21.0 Å². The van der Waals surface area contributed by atoms with E-state index in [9.17, 15) is 23.3 Å². The monoisotopic (exact) mass is 654 g/mol. The Balaban J connectivity index is 1.58. The lowest BCUT2D eigenvalue weighted by molar-refractivity contribution is -0.121. The van der Waals surface area contributed by atoms with Crippen molar-refractivity contribution in [3.8, 4) is 11.8 Å². The van der Waals surface area contributed by atoms with Crippen LogP contribution < -0.4 is 19.7 Å². The summed E-state index contributed by atoms with van der Waals surface area (Å²) in [5.41, 5.74) is 2.07. The van der Waals surface area contributed by atoms with Crippen LogP contribution in [0.3, 0.4) is 0 Å². The molecule has 1 saturated carbocycles. The Kier molecular flexibility index (Phi) is 10.00. The molecule has 11 heteroatoms. The molecule has 2 aliphatic heterocycles. The molecule has 1 fully saturated rings. The Labute approximate surface area is 271 Å². The first-order valence-electron chi connectivity index (χ1n) is 16.0. The van der Waals surface area contributed by atoms with Gasteiger partial charge in [0, 0.05) is 30.6 Å². The lowest BCUT2D eigenvalue weighted by Crippen LogP contribution is -2.59. The fraction of sp³-hybridized carbons (Fsp3) is 0.559. The minimum atomic E-state index is -3.99. The number of amides is 2. The van der Waals surface area contributed by atoms with Crippen molar-refractivity contribution in [1.82, 2.24) is 10.0 Å². The van der Waals surface area contributed by atoms with Crippen LogP contribution in [0.4, 0.5) is 5.69 Å². The van der Waals surface area contributed by atoms with Gasteiger partial charge in [-0.2, -0.15) is 5.26 Å². The first-order chi connectivity index (χ1) is 21.4. The van der Waals surface area contributed by atoms with E-state index in [1.807, 2.05) is 25.1 Å². The van der Waals surface area contributed by atoms with Crippen LogP contribution in [0.25, 0.3) is 0 Å². The van der Waals surface area contributed by atoms with Gasteiger partial charge in [-0.15, -0.1) is 0 Å². The molecule has 242 valence electrons. The molecule has 2 aromatic rings. The molecule has 0 spiro atoms. The van der Waals surface area contributed by atoms with E-state index in [0.717, 1.165) is 43.2 Å². The van der Waals surface area contributed by atoms with Gasteiger partial charge in [-0.05, 0) is 118 Å². The normalized spacial score (nSPS) is 28.8. The van der Waals surface area contributed by atoms with Crippen molar-refractivity contribution in [2.45, 2.75) is 89.5 Å². The number of benzene rings is 2. The van der Waals surface area contributed by atoms with Crippen LogP contribution in [-0.2, 0) is 27.8 Å². The van der Waals surface area contributed by atoms with Crippen LogP contribution in [0.1, 0.15) is 87.2 Å². The van der Waals surface area contributed by atoms with Gasteiger partial charge in [-0.1, -0.05) is 24.6 Å². The number of nitriles is 1. The van der Waals surface area contributed by atoms with Gasteiger partial charge in [0.25, 0.3) is 5.91 Å². The average molecular weight is 655 g/mol. The van der Waals surface area contributed by atoms with E-state index in [0.29, 0.717) is 55.4 Å². The molecule has 2 amide bonds. The van der Waals surface area contributed by atoms with Gasteiger partial charge in [-0.25, -0.2) is 13.1 Å². The number of sulfonamides is 1. The smallest absolute Gasteiger partial charge is 0.264 e. The molecule has 9 nitrogen and oxygen atoms in total. The first kappa shape index (κ1) is 33.1. The summed E-state index contributed by atoms with van der Waals surface area (Å²) in [4.78, 5) is 28.0. The topological polar surface area (TPSA) is 129 Å². The van der Waals surface area contributed by atoms with E-state index in [1.54, 1.807) is 25.1 Å². The van der Waals surface area contributed by atoms with Crippen LogP contribution >= 0.6 is 11.6 Å². The van der Waals surface area contributed by atoms with Gasteiger partial charge in [0.05, 0.1) is 17.0 Å². The molecule has 3 aliphatic rings. The second-order valence-electron chi connectivity index (χ2n) is 13.0. The Morgan fingerprint density at radius 1 is 1.11 bits per heavy atom. The molecule has 1 aliphatic carbocycles. The summed E-state index contributed by atoms with van der Waals surface area (Å²) in [6.07, 6.45) is 5.87. The molecule has 0 unspecified atom stereocenters. The van der Waals surface area contributed by atoms with Gasteiger partial charge in [0.2, 0.25) is 15.9 Å². The highest BCUT2D eigenvalue weighted by Crippen LogP contribution is 2.46. The minimum Gasteiger partial charge on any atom is -0.487 e. The van der Waals surface area contributed by atoms with E-state index in [-0.39, 0.29) is 29.2 Å². The molecule has 2 heterocycles. The van der Waals surface area contributed by atoms with E-state index >= 15 is 0 Å². The number of ether oxygens (including phenoxy) is 1. The van der Waals surface area contributed by atoms with Crippen LogP contribution in [0.2, 0.25) is 5.02 Å². The largest absolute Gasteiger partial charge is 0.487 e. The third kappa shape index (κ3) is 7.25. The van der Waals surface area contributed by atoms with Crippen LogP contribution in [0.15, 0.2) is 36.4 Å². The number of fused-ring (bicyclic) bond motifs is 3. The number of hydrogen-bond donors (Lipinski definition) is 2. The van der Waals surface area contributed by atoms with Crippen molar-refractivity contribution >= 4 is 39.1 Å². The number of halogens is 1. The van der Waals surface area contributed by atoms with Gasteiger partial charge >= 0.3 is 0 Å². The highest BCUT2D eigenvalue weighted by Gasteiger charge is 2.49. The van der Waals surface area contributed by atoms with Crippen LogP contribution in [-0.4, -0.2) is 44.1 Å². The van der Waals surface area contributed by atoms with Crippen molar-refractivity contribution in [2.75, 3.05) is 18.0 Å². The van der Waals surface area contributed by atoms with E-state index in [1.165, 1.54) is 6.92 Å². The molecule has 45 heavy (non-hydrogen) atoms. The molecular weight excluding hydrogens is 612 g/mol. The summed E-state index contributed by atoms with van der Waals surface area (Å²) in [5.74, 6) is -0.535. The first-order valence-corrected chi connectivity index (χ1v) is 17.9. The Hall–Kier alpha value is -3.29. The lowest BCUT2D eigenvalue weighted by atomic mass is 9.61. The number of carbonyl (C=O) groups excluding carboxylic acids is 2. The number of rotatable bonds is 1. The van der Waals surface area contributed by atoms with Crippen LogP contribution in [0.5, 0.6) is 5.75 Å². The zero-order valence-electron chi connectivity index (χ0n) is 26.3. The number of carbonyl (C=O) groups is 2. The lowest BCUT2D eigenvalue weighted by Gasteiger charge is -2.49. The molecule has 2 N–H and O–H groups in total. The van der Waals surface area contributed by atoms with Crippen molar-refractivity contribution in [1.29, 1.82) is 5.26 Å². The molecular formula is C34H43ClN4O5S. The van der Waals surface area contributed by atoms with Crippen molar-refractivity contribution in [3.63, 3.8) is 0 Å². The maximum Gasteiger partial charge on any atom is 0.264 e. The fourth-order valence-corrected chi connectivity index (χ4v) is 8.65. The van der Waals surface area contributed by atoms with Crippen molar-refractivity contribution in [3.05, 3.63) is 58.1 Å². The summed E-state index contributed by atoms with van der Waals surface area (Å²) in [6, 6.07) is 13.4. The molecule has 0 saturated heterocycles.